The summed E-state index contributed by atoms with van der Waals surface area (Å²) in [5, 5.41) is 19.7. The molecule has 3 aliphatic rings. The highest BCUT2D eigenvalue weighted by Crippen LogP contribution is 2.57. The monoisotopic (exact) mass is 579 g/mol. The molecule has 1 aliphatic heterocycles. The smallest absolute Gasteiger partial charge is 0.148 e. The Kier molecular flexibility index (Phi) is 6.11. The molecule has 2 fully saturated rings. The van der Waals surface area contributed by atoms with Crippen molar-refractivity contribution in [3.05, 3.63) is 71.4 Å². The van der Waals surface area contributed by atoms with Gasteiger partial charge in [0.2, 0.25) is 0 Å². The largest absolute Gasteiger partial charge is 0.383 e. The molecule has 0 radical (unpaired) electrons. The number of pyridine rings is 1. The quantitative estimate of drug-likeness (QED) is 0.151. The number of nitrogens with zero attached hydrogens (tertiary/aromatic N) is 4. The lowest BCUT2D eigenvalue weighted by atomic mass is 9.90. The molecule has 4 heterocycles. The molecule has 0 amide bonds. The lowest BCUT2D eigenvalue weighted by Crippen LogP contribution is -2.43. The van der Waals surface area contributed by atoms with Gasteiger partial charge in [-0.2, -0.15) is 0 Å². The predicted octanol–water partition coefficient (Wildman–Crippen LogP) is 4.30. The number of anilines is 2. The molecule has 1 aromatic carbocycles. The fourth-order valence-corrected chi connectivity index (χ4v) is 8.11. The molecule has 42 heavy (non-hydrogen) atoms. The maximum atomic E-state index is 12.4. The molecule has 9 nitrogen and oxygen atoms in total. The van der Waals surface area contributed by atoms with E-state index in [-0.39, 0.29) is 11.1 Å². The van der Waals surface area contributed by atoms with Gasteiger partial charge in [0, 0.05) is 40.4 Å². The molecule has 4 aromatic rings. The average molecular weight is 580 g/mol. The van der Waals surface area contributed by atoms with Crippen LogP contribution in [0.3, 0.4) is 0 Å². The molecule has 1 atom stereocenters. The van der Waals surface area contributed by atoms with E-state index in [0.717, 1.165) is 71.2 Å². The van der Waals surface area contributed by atoms with Crippen LogP contribution in [0.2, 0.25) is 0 Å². The van der Waals surface area contributed by atoms with Gasteiger partial charge in [0.05, 0.1) is 11.1 Å². The van der Waals surface area contributed by atoms with Gasteiger partial charge in [0.25, 0.3) is 0 Å². The highest BCUT2D eigenvalue weighted by molar-refractivity contribution is 7.70. The van der Waals surface area contributed by atoms with Crippen molar-refractivity contribution in [2.45, 2.75) is 49.4 Å². The fraction of sp³-hybridized carbons (Fsp3) is 0.344. The van der Waals surface area contributed by atoms with E-state index in [1.54, 1.807) is 31.7 Å². The first-order chi connectivity index (χ1) is 20.1. The molecule has 3 aromatic heterocycles. The van der Waals surface area contributed by atoms with Crippen LogP contribution in [0.1, 0.15) is 60.8 Å². The summed E-state index contributed by atoms with van der Waals surface area (Å²) in [6.45, 7) is 4.04. The van der Waals surface area contributed by atoms with E-state index >= 15 is 0 Å². The second-order valence-corrected chi connectivity index (χ2v) is 15.5. The zero-order valence-electron chi connectivity index (χ0n) is 23.8. The van der Waals surface area contributed by atoms with Crippen LogP contribution in [0.4, 0.5) is 11.5 Å². The SMILES string of the molecule is C#Cc1c(C2=Cc3ccccc3NC2)c2c(N)ncnc2n1C12CCC(NC(O)c3ccc(P(C)(C)=O)cn3)(CC1)C2. The van der Waals surface area contributed by atoms with E-state index in [0.29, 0.717) is 23.4 Å². The van der Waals surface area contributed by atoms with Gasteiger partial charge >= 0.3 is 0 Å². The summed E-state index contributed by atoms with van der Waals surface area (Å²) in [5.41, 5.74) is 12.2. The number of aliphatic hydroxyl groups is 1. The molecule has 5 N–H and O–H groups in total. The average Bonchev–Trinajstić information content (AvgIpc) is 3.65. The van der Waals surface area contributed by atoms with Crippen molar-refractivity contribution in [3.8, 4) is 12.3 Å². The summed E-state index contributed by atoms with van der Waals surface area (Å²) in [5.74, 6) is 3.43. The maximum Gasteiger partial charge on any atom is 0.148 e. The van der Waals surface area contributed by atoms with Gasteiger partial charge in [0.1, 0.15) is 36.9 Å². The van der Waals surface area contributed by atoms with E-state index in [2.05, 4.69) is 49.3 Å². The van der Waals surface area contributed by atoms with Crippen LogP contribution in [0.25, 0.3) is 22.7 Å². The van der Waals surface area contributed by atoms with Crippen LogP contribution < -0.4 is 21.7 Å². The topological polar surface area (TPSA) is 131 Å². The number of fused-ring (bicyclic) bond motifs is 4. The summed E-state index contributed by atoms with van der Waals surface area (Å²) in [7, 11) is -2.42. The first kappa shape index (κ1) is 26.9. The number of terminal acetylenes is 1. The van der Waals surface area contributed by atoms with E-state index < -0.39 is 13.4 Å². The molecule has 2 saturated carbocycles. The summed E-state index contributed by atoms with van der Waals surface area (Å²) >= 11 is 0. The van der Waals surface area contributed by atoms with Crippen molar-refractivity contribution in [2.24, 2.45) is 0 Å². The van der Waals surface area contributed by atoms with E-state index in [4.69, 9.17) is 17.1 Å². The van der Waals surface area contributed by atoms with Crippen molar-refractivity contribution in [3.63, 3.8) is 0 Å². The van der Waals surface area contributed by atoms with Gasteiger partial charge in [-0.25, -0.2) is 9.97 Å². The Morgan fingerprint density at radius 2 is 1.93 bits per heavy atom. The summed E-state index contributed by atoms with van der Waals surface area (Å²) in [6.07, 6.45) is 15.0. The molecule has 214 valence electrons. The van der Waals surface area contributed by atoms with Gasteiger partial charge in [-0.05, 0) is 80.8 Å². The molecule has 0 saturated heterocycles. The number of hydrogen-bond acceptors (Lipinski definition) is 8. The molecule has 2 aliphatic carbocycles. The Balaban J connectivity index is 1.27. The number of nitrogens with one attached hydrogen (secondary N) is 2. The van der Waals surface area contributed by atoms with Gasteiger partial charge in [-0.3, -0.25) is 10.3 Å². The van der Waals surface area contributed by atoms with Gasteiger partial charge < -0.3 is 25.3 Å². The molecular weight excluding hydrogens is 545 g/mol. The van der Waals surface area contributed by atoms with Crippen LogP contribution in [0, 0.1) is 12.3 Å². The van der Waals surface area contributed by atoms with Gasteiger partial charge in [0.15, 0.2) is 0 Å². The zero-order chi connectivity index (χ0) is 29.3. The lowest BCUT2D eigenvalue weighted by molar-refractivity contribution is 0.0885. The molecule has 10 heteroatoms. The van der Waals surface area contributed by atoms with Gasteiger partial charge in [-0.1, -0.05) is 24.1 Å². The second-order valence-electron chi connectivity index (χ2n) is 12.3. The molecular formula is C32H34N7O2P. The fourth-order valence-electron chi connectivity index (χ4n) is 7.34. The van der Waals surface area contributed by atoms with Crippen LogP contribution in [0.5, 0.6) is 0 Å². The molecule has 7 rings (SSSR count). The number of nitrogens with two attached hydrogens (primary N) is 1. The number of aliphatic hydroxyl groups excluding tert-OH is 1. The van der Waals surface area contributed by atoms with Crippen molar-refractivity contribution >= 4 is 46.6 Å². The Hall–Kier alpha value is -3.96. The van der Waals surface area contributed by atoms with Crippen LogP contribution in [-0.2, 0) is 10.1 Å². The van der Waals surface area contributed by atoms with Crippen molar-refractivity contribution in [1.82, 2.24) is 24.8 Å². The zero-order valence-corrected chi connectivity index (χ0v) is 24.7. The van der Waals surface area contributed by atoms with Crippen LogP contribution in [0.15, 0.2) is 48.9 Å². The first-order valence-electron chi connectivity index (χ1n) is 14.3. The third-order valence-corrected chi connectivity index (χ3v) is 10.9. The Labute approximate surface area is 245 Å². The van der Waals surface area contributed by atoms with Crippen molar-refractivity contribution in [2.75, 3.05) is 30.9 Å². The number of aromatic nitrogens is 4. The van der Waals surface area contributed by atoms with Crippen LogP contribution >= 0.6 is 7.14 Å². The Morgan fingerprint density at radius 3 is 2.64 bits per heavy atom. The standard InChI is InChI=1S/C32H34N7O2P/c1-4-25-26(21-15-20-7-5-6-8-23(20)34-16-21)27-28(33)36-19-37-29(27)39(25)32-13-11-31(18-32,12-14-32)38-30(40)24-10-9-22(17-35-24)42(2,3)41/h1,5-10,15,17,19,30,34,38,40H,11-14,16,18H2,2-3H3,(H2,33,36,37). The minimum absolute atomic E-state index is 0.277. The number of para-hydroxylation sites is 1. The Morgan fingerprint density at radius 1 is 1.14 bits per heavy atom. The van der Waals surface area contributed by atoms with E-state index in [1.807, 2.05) is 12.1 Å². The highest BCUT2D eigenvalue weighted by Gasteiger charge is 2.57. The van der Waals surface area contributed by atoms with Crippen LogP contribution in [-0.4, -0.2) is 50.0 Å². The number of nitrogen functional groups attached to an aromatic ring is 1. The number of benzene rings is 1. The predicted molar refractivity (Wildman–Crippen MR) is 168 cm³/mol. The maximum absolute atomic E-state index is 12.4. The van der Waals surface area contributed by atoms with E-state index in [1.165, 1.54) is 6.33 Å². The van der Waals surface area contributed by atoms with Gasteiger partial charge in [-0.15, -0.1) is 6.42 Å². The summed E-state index contributed by atoms with van der Waals surface area (Å²) < 4.78 is 14.7. The third kappa shape index (κ3) is 4.17. The highest BCUT2D eigenvalue weighted by atomic mass is 31.2. The number of rotatable bonds is 6. The van der Waals surface area contributed by atoms with Crippen molar-refractivity contribution < 1.29 is 9.67 Å². The Bertz CT molecular complexity index is 1840. The summed E-state index contributed by atoms with van der Waals surface area (Å²) in [6, 6.07) is 11.7. The minimum atomic E-state index is -2.42. The lowest BCUT2D eigenvalue weighted by Gasteiger charge is -2.31. The normalized spacial score (nSPS) is 23.7. The number of hydrogen-bond donors (Lipinski definition) is 4. The molecule has 2 bridgehead atoms. The summed E-state index contributed by atoms with van der Waals surface area (Å²) in [4.78, 5) is 13.5. The third-order valence-electron chi connectivity index (χ3n) is 9.39. The van der Waals surface area contributed by atoms with E-state index in [9.17, 15) is 9.67 Å². The second kappa shape index (κ2) is 9.53. The molecule has 1 unspecified atom stereocenters. The molecule has 0 spiro atoms. The first-order valence-corrected chi connectivity index (χ1v) is 16.9. The minimum Gasteiger partial charge on any atom is -0.383 e. The van der Waals surface area contributed by atoms with Crippen molar-refractivity contribution in [1.29, 1.82) is 0 Å².